The molecule has 2 saturated carbocycles. The summed E-state index contributed by atoms with van der Waals surface area (Å²) in [4.78, 5) is 0. The topological polar surface area (TPSA) is 55.4 Å². The zero-order chi connectivity index (χ0) is 92.1. The van der Waals surface area contributed by atoms with E-state index in [-0.39, 0.29) is 99.3 Å². The second-order valence-electron chi connectivity index (χ2n) is 31.2. The van der Waals surface area contributed by atoms with Crippen molar-refractivity contribution < 1.29 is 134 Å². The Bertz CT molecular complexity index is 6350. The van der Waals surface area contributed by atoms with Crippen LogP contribution in [0.5, 0.6) is 34.5 Å². The molecule has 0 aliphatic heterocycles. The predicted molar refractivity (Wildman–Crippen MR) is 433 cm³/mol. The molecule has 0 aromatic heterocycles. The Hall–Kier alpha value is -12.8. The first-order chi connectivity index (χ1) is 60.7. The standard InChI is InChI=1S/C25H21F7O2.C25H15F7O2.C24H21F5O.C24H15F5O/c2*1-13-8-19(26)23(20(27)9-13)33-12-14-2-4-15(5-3-14)16-6-7-18-17(10-16)11-21(28)24(22(18)29)34-25(30,31)32;2*1-13-8-20(26)24(21(27)9-13)30-12-14-2-4-15(5-3-14)16-6-7-18-17(10-16)11-19(25)23(29)22(18)28/h6-11,14-15H,2-5,12H2,1H3;2-11H,12H2,1H3;6-11,14-15H,2-5,12H2,1H3;2-11H,12H2,1H3. The summed E-state index contributed by atoms with van der Waals surface area (Å²) in [6.07, 6.45) is -4.30. The molecule has 0 amide bonds. The van der Waals surface area contributed by atoms with Crippen LogP contribution >= 0.6 is 0 Å². The van der Waals surface area contributed by atoms with E-state index in [2.05, 4.69) is 9.47 Å². The minimum Gasteiger partial charge on any atom is -0.487 e. The lowest BCUT2D eigenvalue weighted by atomic mass is 9.78. The summed E-state index contributed by atoms with van der Waals surface area (Å²) < 4.78 is 353. The summed E-state index contributed by atoms with van der Waals surface area (Å²) in [5, 5.41) is 0.385. The molecular formula is C98H72F24O6. The molecule has 0 heterocycles. The molecule has 0 saturated heterocycles. The van der Waals surface area contributed by atoms with Gasteiger partial charge in [0.15, 0.2) is 128 Å². The average Bonchev–Trinajstić information content (AvgIpc) is 0.780. The third kappa shape index (κ3) is 22.2. The van der Waals surface area contributed by atoms with Gasteiger partial charge in [0, 0.05) is 21.5 Å². The first-order valence-electron chi connectivity index (χ1n) is 39.7. The van der Waals surface area contributed by atoms with Gasteiger partial charge in [-0.2, -0.15) is 0 Å². The summed E-state index contributed by atoms with van der Waals surface area (Å²) in [6, 6.07) is 44.8. The van der Waals surface area contributed by atoms with E-state index in [0.29, 0.717) is 55.5 Å². The number of aryl methyl sites for hydroxylation is 4. The van der Waals surface area contributed by atoms with Gasteiger partial charge in [0.1, 0.15) is 13.2 Å². The average molecular weight is 1800 g/mol. The maximum atomic E-state index is 14.5. The number of ether oxygens (including phenoxy) is 6. The lowest BCUT2D eigenvalue weighted by molar-refractivity contribution is -0.277. The van der Waals surface area contributed by atoms with Crippen LogP contribution in [0.3, 0.4) is 0 Å². The van der Waals surface area contributed by atoms with E-state index in [1.54, 1.807) is 113 Å². The summed E-state index contributed by atoms with van der Waals surface area (Å²) in [5.41, 5.74) is 7.48. The zero-order valence-corrected chi connectivity index (χ0v) is 67.8. The fourth-order valence-corrected chi connectivity index (χ4v) is 15.5. The van der Waals surface area contributed by atoms with Crippen LogP contribution in [0.4, 0.5) is 105 Å². The van der Waals surface area contributed by atoms with Crippen LogP contribution in [0.15, 0.2) is 194 Å². The van der Waals surface area contributed by atoms with E-state index in [0.717, 1.165) is 104 Å². The van der Waals surface area contributed by atoms with Crippen molar-refractivity contribution in [2.24, 2.45) is 11.8 Å². The fourth-order valence-electron chi connectivity index (χ4n) is 15.5. The number of hydrogen-bond acceptors (Lipinski definition) is 6. The van der Waals surface area contributed by atoms with Crippen LogP contribution in [0.25, 0.3) is 65.3 Å². The minimum atomic E-state index is -5.24. The molecule has 30 heteroatoms. The van der Waals surface area contributed by atoms with E-state index in [1.807, 2.05) is 0 Å². The molecule has 0 unspecified atom stereocenters. The third-order valence-electron chi connectivity index (χ3n) is 21.9. The van der Waals surface area contributed by atoms with Crippen molar-refractivity contribution in [2.75, 3.05) is 13.2 Å². The van der Waals surface area contributed by atoms with Gasteiger partial charge in [0.2, 0.25) is 11.5 Å². The largest absolute Gasteiger partial charge is 0.573 e. The van der Waals surface area contributed by atoms with E-state index in [4.69, 9.17) is 18.9 Å². The number of hydrogen-bond donors (Lipinski definition) is 0. The van der Waals surface area contributed by atoms with E-state index in [1.165, 1.54) is 72.8 Å². The third-order valence-corrected chi connectivity index (χ3v) is 21.9. The van der Waals surface area contributed by atoms with Gasteiger partial charge >= 0.3 is 12.7 Å². The molecule has 0 bridgehead atoms. The molecular weight excluding hydrogens is 1730 g/mol. The monoisotopic (exact) mass is 1800 g/mol. The van der Waals surface area contributed by atoms with Gasteiger partial charge in [-0.25, -0.2) is 79.0 Å². The zero-order valence-electron chi connectivity index (χ0n) is 67.8. The van der Waals surface area contributed by atoms with Gasteiger partial charge in [-0.1, -0.05) is 109 Å². The molecule has 14 aromatic rings. The molecule has 2 aliphatic carbocycles. The second kappa shape index (κ2) is 39.2. The van der Waals surface area contributed by atoms with Crippen molar-refractivity contribution in [1.82, 2.24) is 0 Å². The van der Waals surface area contributed by atoms with E-state index >= 15 is 0 Å². The van der Waals surface area contributed by atoms with Crippen molar-refractivity contribution >= 4 is 43.1 Å². The molecule has 0 spiro atoms. The van der Waals surface area contributed by atoms with Crippen molar-refractivity contribution in [1.29, 1.82) is 0 Å². The molecule has 128 heavy (non-hydrogen) atoms. The first-order valence-corrected chi connectivity index (χ1v) is 39.7. The molecule has 2 fully saturated rings. The highest BCUT2D eigenvalue weighted by molar-refractivity contribution is 5.91. The fraction of sp³-hybridized carbons (Fsp3) is 0.224. The second-order valence-corrected chi connectivity index (χ2v) is 31.2. The first kappa shape index (κ1) is 92.9. The molecule has 14 aromatic carbocycles. The SMILES string of the molecule is Cc1cc(F)c(OCC2CCC(c3ccc4c(F)c(F)c(F)cc4c3)CC2)c(F)c1.Cc1cc(F)c(OCC2CCC(c3ccc4c(F)c(OC(F)(F)F)c(F)cc4c3)CC2)c(F)c1.Cc1cc(F)c(OCc2ccc(-c3ccc4c(F)c(F)c(F)cc4c3)cc2)c(F)c1.Cc1cc(F)c(OCc2ccc(-c3ccc4c(F)c(OC(F)(F)F)c(F)cc4c3)cc2)c(F)c1. The van der Waals surface area contributed by atoms with E-state index in [9.17, 15) is 105 Å². The summed E-state index contributed by atoms with van der Waals surface area (Å²) in [6.45, 7) is 6.60. The van der Waals surface area contributed by atoms with Crippen molar-refractivity contribution in [3.63, 3.8) is 0 Å². The number of halogens is 24. The maximum Gasteiger partial charge on any atom is 0.573 e. The highest BCUT2D eigenvalue weighted by Crippen LogP contribution is 2.44. The number of fused-ring (bicyclic) bond motifs is 4. The Morgan fingerprint density at radius 3 is 0.789 bits per heavy atom. The van der Waals surface area contributed by atoms with Crippen LogP contribution in [0, 0.1) is 144 Å². The van der Waals surface area contributed by atoms with Crippen LogP contribution in [0.1, 0.15) is 108 Å². The number of alkyl halides is 6. The lowest BCUT2D eigenvalue weighted by Gasteiger charge is -2.29. The molecule has 668 valence electrons. The van der Waals surface area contributed by atoms with Crippen LogP contribution in [0.2, 0.25) is 0 Å². The van der Waals surface area contributed by atoms with Crippen molar-refractivity contribution in [2.45, 2.75) is 117 Å². The van der Waals surface area contributed by atoms with Gasteiger partial charge in [-0.05, 0) is 276 Å². The highest BCUT2D eigenvalue weighted by atomic mass is 19.4. The molecule has 16 rings (SSSR count). The predicted octanol–water partition coefficient (Wildman–Crippen LogP) is 30.1. The Morgan fingerprint density at radius 1 is 0.242 bits per heavy atom. The van der Waals surface area contributed by atoms with Gasteiger partial charge in [0.05, 0.1) is 13.2 Å². The van der Waals surface area contributed by atoms with Crippen LogP contribution in [-0.4, -0.2) is 25.9 Å². The van der Waals surface area contributed by atoms with Crippen LogP contribution < -0.4 is 28.4 Å². The Morgan fingerprint density at radius 2 is 0.492 bits per heavy atom. The molecule has 0 atom stereocenters. The van der Waals surface area contributed by atoms with Crippen molar-refractivity contribution in [3.05, 3.63) is 343 Å². The van der Waals surface area contributed by atoms with Gasteiger partial charge in [-0.3, -0.25) is 0 Å². The Balaban J connectivity index is 0.000000146. The Kier molecular flexibility index (Phi) is 28.5. The van der Waals surface area contributed by atoms with E-state index < -0.39 is 140 Å². The maximum absolute atomic E-state index is 14.5. The minimum absolute atomic E-state index is 0.00942. The summed E-state index contributed by atoms with van der Waals surface area (Å²) >= 11 is 0. The molecule has 2 aliphatic rings. The normalized spacial score (nSPS) is 15.2. The quantitative estimate of drug-likeness (QED) is 0.0630. The van der Waals surface area contributed by atoms with Gasteiger partial charge < -0.3 is 28.4 Å². The van der Waals surface area contributed by atoms with Gasteiger partial charge in [0.25, 0.3) is 0 Å². The number of rotatable bonds is 18. The smallest absolute Gasteiger partial charge is 0.487 e. The molecule has 0 radical (unpaired) electrons. The number of benzene rings is 14. The van der Waals surface area contributed by atoms with Gasteiger partial charge in [-0.15, -0.1) is 26.3 Å². The van der Waals surface area contributed by atoms with Crippen molar-refractivity contribution in [3.8, 4) is 56.8 Å². The summed E-state index contributed by atoms with van der Waals surface area (Å²) in [5.74, 6) is -23.7. The highest BCUT2D eigenvalue weighted by Gasteiger charge is 2.37. The summed E-state index contributed by atoms with van der Waals surface area (Å²) in [7, 11) is 0. The lowest BCUT2D eigenvalue weighted by Crippen LogP contribution is -2.20. The molecule has 0 N–H and O–H groups in total. The Labute approximate surface area is 715 Å². The van der Waals surface area contributed by atoms with Crippen LogP contribution in [-0.2, 0) is 13.2 Å². The molecule has 6 nitrogen and oxygen atoms in total.